The van der Waals surface area contributed by atoms with Crippen LogP contribution >= 0.6 is 31.9 Å². The summed E-state index contributed by atoms with van der Waals surface area (Å²) in [7, 11) is 1.66. The number of anilines is 1. The smallest absolute Gasteiger partial charge is 0.135 e. The molecule has 5 heteroatoms. The highest BCUT2D eigenvalue weighted by Gasteiger charge is 2.07. The summed E-state index contributed by atoms with van der Waals surface area (Å²) in [4.78, 5) is 4.18. The predicted octanol–water partition coefficient (Wildman–Crippen LogP) is 4.54. The molecule has 0 aliphatic rings. The van der Waals surface area contributed by atoms with Crippen molar-refractivity contribution in [2.45, 2.75) is 13.5 Å². The first kappa shape index (κ1) is 14.3. The SMILES string of the molecule is COc1cc(NCc2cncc(C)c2)c(Br)cc1Br. The first-order valence-electron chi connectivity index (χ1n) is 5.77. The number of aryl methyl sites for hydroxylation is 1. The molecular weight excluding hydrogens is 372 g/mol. The molecule has 0 spiro atoms. The second-order valence-corrected chi connectivity index (χ2v) is 5.90. The molecular formula is C14H14Br2N2O. The van der Waals surface area contributed by atoms with Crippen molar-refractivity contribution in [3.05, 3.63) is 50.7 Å². The fourth-order valence-electron chi connectivity index (χ4n) is 1.73. The van der Waals surface area contributed by atoms with E-state index >= 15 is 0 Å². The fourth-order valence-corrected chi connectivity index (χ4v) is 3.03. The molecule has 1 heterocycles. The summed E-state index contributed by atoms with van der Waals surface area (Å²) in [6, 6.07) is 6.04. The van der Waals surface area contributed by atoms with Crippen LogP contribution in [0.5, 0.6) is 5.75 Å². The maximum atomic E-state index is 5.29. The predicted molar refractivity (Wildman–Crippen MR) is 84.7 cm³/mol. The Hall–Kier alpha value is -1.07. The number of halogens is 2. The third-order valence-electron chi connectivity index (χ3n) is 2.66. The molecule has 0 fully saturated rings. The van der Waals surface area contributed by atoms with Gasteiger partial charge in [-0.15, -0.1) is 0 Å². The van der Waals surface area contributed by atoms with Crippen molar-refractivity contribution in [1.82, 2.24) is 4.98 Å². The molecule has 0 saturated heterocycles. The van der Waals surface area contributed by atoms with Crippen LogP contribution in [0, 0.1) is 6.92 Å². The van der Waals surface area contributed by atoms with E-state index in [0.29, 0.717) is 0 Å². The zero-order valence-electron chi connectivity index (χ0n) is 10.7. The van der Waals surface area contributed by atoms with Gasteiger partial charge in [0.1, 0.15) is 5.75 Å². The Morgan fingerprint density at radius 1 is 1.16 bits per heavy atom. The van der Waals surface area contributed by atoms with Gasteiger partial charge in [0.25, 0.3) is 0 Å². The molecule has 2 rings (SSSR count). The maximum Gasteiger partial charge on any atom is 0.135 e. The fraction of sp³-hybridized carbons (Fsp3) is 0.214. The third-order valence-corrected chi connectivity index (χ3v) is 3.93. The summed E-state index contributed by atoms with van der Waals surface area (Å²) in [6.45, 7) is 2.76. The van der Waals surface area contributed by atoms with Gasteiger partial charge < -0.3 is 10.1 Å². The lowest BCUT2D eigenvalue weighted by Gasteiger charge is -2.12. The molecule has 1 aromatic carbocycles. The highest BCUT2D eigenvalue weighted by molar-refractivity contribution is 9.11. The highest BCUT2D eigenvalue weighted by atomic mass is 79.9. The molecule has 0 bridgehead atoms. The first-order chi connectivity index (χ1) is 9.10. The Balaban J connectivity index is 2.15. The number of nitrogens with one attached hydrogen (secondary N) is 1. The molecule has 2 aromatic rings. The Morgan fingerprint density at radius 3 is 2.63 bits per heavy atom. The van der Waals surface area contributed by atoms with Gasteiger partial charge in [0.05, 0.1) is 17.3 Å². The monoisotopic (exact) mass is 384 g/mol. The standard InChI is InChI=1S/C14H14Br2N2O/c1-9-3-10(7-17-6-9)8-18-13-5-14(19-2)12(16)4-11(13)15/h3-7,18H,8H2,1-2H3. The number of hydrogen-bond donors (Lipinski definition) is 1. The van der Waals surface area contributed by atoms with Crippen molar-refractivity contribution in [2.75, 3.05) is 12.4 Å². The van der Waals surface area contributed by atoms with Gasteiger partial charge in [0.15, 0.2) is 0 Å². The minimum atomic E-state index is 0.720. The Morgan fingerprint density at radius 2 is 1.95 bits per heavy atom. The summed E-state index contributed by atoms with van der Waals surface area (Å²) in [5.41, 5.74) is 3.29. The molecule has 19 heavy (non-hydrogen) atoms. The van der Waals surface area contributed by atoms with Crippen molar-refractivity contribution < 1.29 is 4.74 Å². The van der Waals surface area contributed by atoms with Crippen molar-refractivity contribution in [3.8, 4) is 5.75 Å². The van der Waals surface area contributed by atoms with Gasteiger partial charge in [0, 0.05) is 29.5 Å². The highest BCUT2D eigenvalue weighted by Crippen LogP contribution is 2.34. The molecule has 1 N–H and O–H groups in total. The van der Waals surface area contributed by atoms with Gasteiger partial charge >= 0.3 is 0 Å². The molecule has 0 amide bonds. The summed E-state index contributed by atoms with van der Waals surface area (Å²) < 4.78 is 7.20. The molecule has 1 aromatic heterocycles. The Bertz CT molecular complexity index is 588. The van der Waals surface area contributed by atoms with Gasteiger partial charge in [-0.1, -0.05) is 6.07 Å². The number of aromatic nitrogens is 1. The van der Waals surface area contributed by atoms with Crippen LogP contribution in [0.4, 0.5) is 5.69 Å². The third kappa shape index (κ3) is 3.70. The quantitative estimate of drug-likeness (QED) is 0.839. The van der Waals surface area contributed by atoms with E-state index < -0.39 is 0 Å². The van der Waals surface area contributed by atoms with E-state index in [9.17, 15) is 0 Å². The van der Waals surface area contributed by atoms with Crippen LogP contribution < -0.4 is 10.1 Å². The van der Waals surface area contributed by atoms with E-state index in [2.05, 4.69) is 48.2 Å². The molecule has 0 aliphatic heterocycles. The van der Waals surface area contributed by atoms with E-state index in [4.69, 9.17) is 4.74 Å². The molecule has 0 aliphatic carbocycles. The zero-order chi connectivity index (χ0) is 13.8. The average molecular weight is 386 g/mol. The number of nitrogens with zero attached hydrogens (tertiary/aromatic N) is 1. The van der Waals surface area contributed by atoms with E-state index in [-0.39, 0.29) is 0 Å². The number of benzene rings is 1. The first-order valence-corrected chi connectivity index (χ1v) is 7.36. The summed E-state index contributed by atoms with van der Waals surface area (Å²) in [5, 5.41) is 3.37. The van der Waals surface area contributed by atoms with E-state index in [1.165, 1.54) is 0 Å². The second kappa shape index (κ2) is 6.39. The van der Waals surface area contributed by atoms with Crippen LogP contribution in [0.15, 0.2) is 39.5 Å². The minimum absolute atomic E-state index is 0.720. The summed E-state index contributed by atoms with van der Waals surface area (Å²) in [6.07, 6.45) is 3.71. The Kier molecular flexibility index (Phi) is 4.82. The van der Waals surface area contributed by atoms with Crippen LogP contribution in [0.2, 0.25) is 0 Å². The van der Waals surface area contributed by atoms with Crippen LogP contribution in [0.1, 0.15) is 11.1 Å². The number of methoxy groups -OCH3 is 1. The Labute approximate surface area is 129 Å². The van der Waals surface area contributed by atoms with Crippen LogP contribution in [-0.2, 0) is 6.54 Å². The van der Waals surface area contributed by atoms with Gasteiger partial charge in [0.2, 0.25) is 0 Å². The lowest BCUT2D eigenvalue weighted by molar-refractivity contribution is 0.412. The summed E-state index contributed by atoms with van der Waals surface area (Å²) in [5.74, 6) is 0.799. The number of ether oxygens (including phenoxy) is 1. The van der Waals surface area contributed by atoms with Gasteiger partial charge in [-0.25, -0.2) is 0 Å². The number of hydrogen-bond acceptors (Lipinski definition) is 3. The normalized spacial score (nSPS) is 10.3. The zero-order valence-corrected chi connectivity index (χ0v) is 13.9. The summed E-state index contributed by atoms with van der Waals surface area (Å²) >= 11 is 6.99. The molecule has 0 saturated carbocycles. The van der Waals surface area contributed by atoms with E-state index in [1.807, 2.05) is 31.5 Å². The average Bonchev–Trinajstić information content (AvgIpc) is 2.38. The largest absolute Gasteiger partial charge is 0.495 e. The van der Waals surface area contributed by atoms with Gasteiger partial charge in [-0.2, -0.15) is 0 Å². The minimum Gasteiger partial charge on any atom is -0.495 e. The molecule has 0 unspecified atom stereocenters. The number of pyridine rings is 1. The molecule has 0 atom stereocenters. The van der Waals surface area contributed by atoms with Crippen LogP contribution in [0.3, 0.4) is 0 Å². The van der Waals surface area contributed by atoms with Crippen molar-refractivity contribution in [2.24, 2.45) is 0 Å². The van der Waals surface area contributed by atoms with E-state index in [0.717, 1.165) is 38.1 Å². The molecule has 0 radical (unpaired) electrons. The van der Waals surface area contributed by atoms with Crippen LogP contribution in [-0.4, -0.2) is 12.1 Å². The maximum absolute atomic E-state index is 5.29. The molecule has 100 valence electrons. The van der Waals surface area contributed by atoms with Gasteiger partial charge in [-0.05, 0) is 56.0 Å². The lowest BCUT2D eigenvalue weighted by Crippen LogP contribution is -2.01. The van der Waals surface area contributed by atoms with Crippen LogP contribution in [0.25, 0.3) is 0 Å². The van der Waals surface area contributed by atoms with Gasteiger partial charge in [-0.3, -0.25) is 4.98 Å². The van der Waals surface area contributed by atoms with Crippen molar-refractivity contribution in [3.63, 3.8) is 0 Å². The van der Waals surface area contributed by atoms with E-state index in [1.54, 1.807) is 7.11 Å². The topological polar surface area (TPSA) is 34.1 Å². The lowest BCUT2D eigenvalue weighted by atomic mass is 10.2. The second-order valence-electron chi connectivity index (χ2n) is 4.19. The molecule has 3 nitrogen and oxygen atoms in total. The van der Waals surface area contributed by atoms with Crippen molar-refractivity contribution >= 4 is 37.5 Å². The van der Waals surface area contributed by atoms with Crippen molar-refractivity contribution in [1.29, 1.82) is 0 Å². The number of rotatable bonds is 4.